The average molecular weight is 283 g/mol. The van der Waals surface area contributed by atoms with Gasteiger partial charge in [-0.1, -0.05) is 0 Å². The first-order valence-corrected chi connectivity index (χ1v) is 2.89. The Labute approximate surface area is 110 Å². The number of sulfonamides is 1. The van der Waals surface area contributed by atoms with E-state index in [9.17, 15) is 21.6 Å². The fraction of sp³-hybridized carbons (Fsp3) is 1.00. The van der Waals surface area contributed by atoms with Crippen molar-refractivity contribution in [3.63, 3.8) is 0 Å². The van der Waals surface area contributed by atoms with Crippen LogP contribution in [0.4, 0.5) is 13.2 Å². The largest absolute Gasteiger partial charge is 1.00 e. The number of hydrogen-bond donors (Lipinski definition) is 1. The van der Waals surface area contributed by atoms with Crippen LogP contribution in [-0.4, -0.2) is 13.9 Å². The van der Waals surface area contributed by atoms with E-state index < -0.39 is 15.5 Å². The smallest absolute Gasteiger partial charge is 1.00 e. The van der Waals surface area contributed by atoms with Gasteiger partial charge in [-0.25, -0.2) is 13.6 Å². The zero-order chi connectivity index (χ0) is 7.00. The van der Waals surface area contributed by atoms with Gasteiger partial charge in [-0.15, -0.1) is 0 Å². The normalized spacial score (nSPS) is 12.4. The maximum Gasteiger partial charge on any atom is 1.00 e. The fourth-order valence-corrected chi connectivity index (χ4v) is 0. The first-order chi connectivity index (χ1) is 3.25. The minimum Gasteiger partial charge on any atom is -1.00 e. The Bertz CT molecular complexity index is 175. The van der Waals surface area contributed by atoms with Gasteiger partial charge in [-0.3, -0.25) is 0 Å². The maximum absolute atomic E-state index is 10.8. The molecule has 0 aliphatic rings. The van der Waals surface area contributed by atoms with Crippen LogP contribution >= 0.6 is 0 Å². The predicted molar refractivity (Wildman–Crippen MR) is 20.3 cm³/mol. The summed E-state index contributed by atoms with van der Waals surface area (Å²) in [5, 5.41) is 3.66. The summed E-state index contributed by atoms with van der Waals surface area (Å²) in [5.74, 6) is 0. The number of halogens is 3. The van der Waals surface area contributed by atoms with Crippen molar-refractivity contribution in [1.82, 2.24) is 0 Å². The molecule has 52 valence electrons. The summed E-state index contributed by atoms with van der Waals surface area (Å²) in [4.78, 5) is 0. The Kier molecular flexibility index (Phi) is 5.86. The number of alkyl halides is 3. The molecule has 0 aromatic rings. The molecule has 0 fully saturated rings. The summed E-state index contributed by atoms with van der Waals surface area (Å²) in [6, 6.07) is 0. The zero-order valence-electron chi connectivity index (χ0n) is 5.44. The van der Waals surface area contributed by atoms with E-state index in [0.29, 0.717) is 0 Å². The first-order valence-electron chi connectivity index (χ1n) is 1.34. The number of nitrogens with two attached hydrogens (primary N) is 1. The van der Waals surface area contributed by atoms with Crippen molar-refractivity contribution < 1.29 is 91.9 Å². The standard InChI is InChI=1S/CH2F3NO2S.Cs.H/c2-1(3,4)8(5,6)7;;/h(H2,5,6,7);;/q;+1;-1. The van der Waals surface area contributed by atoms with Crippen molar-refractivity contribution >= 4 is 10.0 Å². The third-order valence-electron chi connectivity index (χ3n) is 0.323. The molecule has 0 unspecified atom stereocenters. The van der Waals surface area contributed by atoms with Crippen LogP contribution in [0, 0.1) is 0 Å². The molecule has 0 amide bonds. The summed E-state index contributed by atoms with van der Waals surface area (Å²) < 4.78 is 51.2. The second-order valence-electron chi connectivity index (χ2n) is 0.991. The molecule has 0 atom stereocenters. The Balaban J connectivity index is -0.000000245. The van der Waals surface area contributed by atoms with Gasteiger partial charge in [0.1, 0.15) is 0 Å². The summed E-state index contributed by atoms with van der Waals surface area (Å²) in [7, 11) is -5.34. The molecule has 0 saturated heterocycles. The van der Waals surface area contributed by atoms with Crippen molar-refractivity contribution in [3.8, 4) is 0 Å². The van der Waals surface area contributed by atoms with Crippen LogP contribution in [-0.2, 0) is 10.0 Å². The predicted octanol–water partition coefficient (Wildman–Crippen LogP) is -3.09. The van der Waals surface area contributed by atoms with E-state index in [1.165, 1.54) is 0 Å². The van der Waals surface area contributed by atoms with Crippen molar-refractivity contribution in [2.24, 2.45) is 5.14 Å². The van der Waals surface area contributed by atoms with E-state index in [-0.39, 0.29) is 70.3 Å². The molecule has 0 aromatic heterocycles. The van der Waals surface area contributed by atoms with Crippen LogP contribution in [0.2, 0.25) is 0 Å². The van der Waals surface area contributed by atoms with Crippen molar-refractivity contribution in [3.05, 3.63) is 0 Å². The molecular formula is CH3CsF3NO2S. The van der Waals surface area contributed by atoms with Crippen LogP contribution in [0.5, 0.6) is 0 Å². The molecule has 0 aliphatic carbocycles. The van der Waals surface area contributed by atoms with Crippen LogP contribution in [0.3, 0.4) is 0 Å². The van der Waals surface area contributed by atoms with Crippen molar-refractivity contribution in [2.75, 3.05) is 0 Å². The van der Waals surface area contributed by atoms with Gasteiger partial charge in [0, 0.05) is 0 Å². The quantitative estimate of drug-likeness (QED) is 0.512. The second kappa shape index (κ2) is 3.95. The molecule has 0 saturated carbocycles. The third-order valence-corrected chi connectivity index (χ3v) is 0.968. The molecule has 0 bridgehead atoms. The maximum atomic E-state index is 10.8. The molecule has 3 nitrogen and oxygen atoms in total. The van der Waals surface area contributed by atoms with Gasteiger partial charge >= 0.3 is 84.4 Å². The summed E-state index contributed by atoms with van der Waals surface area (Å²) in [6.07, 6.45) is 0. The van der Waals surface area contributed by atoms with Gasteiger partial charge < -0.3 is 1.43 Å². The first kappa shape index (κ1) is 13.3. The van der Waals surface area contributed by atoms with E-state index in [4.69, 9.17) is 0 Å². The summed E-state index contributed by atoms with van der Waals surface area (Å²) in [6.45, 7) is 0. The van der Waals surface area contributed by atoms with Gasteiger partial charge in [0.2, 0.25) is 0 Å². The van der Waals surface area contributed by atoms with Crippen LogP contribution in [0.1, 0.15) is 1.43 Å². The summed E-state index contributed by atoms with van der Waals surface area (Å²) >= 11 is 0. The molecule has 9 heavy (non-hydrogen) atoms. The van der Waals surface area contributed by atoms with Gasteiger partial charge in [0.25, 0.3) is 0 Å². The Morgan fingerprint density at radius 1 is 1.33 bits per heavy atom. The summed E-state index contributed by atoms with van der Waals surface area (Å²) in [5.41, 5.74) is -5.31. The zero-order valence-corrected chi connectivity index (χ0v) is 11.5. The molecule has 2 N–H and O–H groups in total. The monoisotopic (exact) mass is 283 g/mol. The molecule has 0 heterocycles. The Hall–Kier alpha value is 1.75. The molecule has 0 rings (SSSR count). The second-order valence-corrected chi connectivity index (χ2v) is 2.54. The SMILES string of the molecule is NS(=O)(=O)C(F)(F)F.[Cs+].[H-]. The molecule has 8 heteroatoms. The molecule has 0 spiro atoms. The van der Waals surface area contributed by atoms with Gasteiger partial charge in [0.15, 0.2) is 0 Å². The molecule has 0 radical (unpaired) electrons. The van der Waals surface area contributed by atoms with E-state index in [2.05, 4.69) is 5.14 Å². The van der Waals surface area contributed by atoms with Crippen molar-refractivity contribution in [1.29, 1.82) is 0 Å². The topological polar surface area (TPSA) is 60.2 Å². The van der Waals surface area contributed by atoms with Gasteiger partial charge in [0.05, 0.1) is 0 Å². The van der Waals surface area contributed by atoms with E-state index >= 15 is 0 Å². The molecular weight excluding hydrogens is 280 g/mol. The average Bonchev–Trinajstić information content (AvgIpc) is 1.25. The number of rotatable bonds is 0. The van der Waals surface area contributed by atoms with Gasteiger partial charge in [-0.2, -0.15) is 13.2 Å². The van der Waals surface area contributed by atoms with E-state index in [1.54, 1.807) is 0 Å². The Morgan fingerprint density at radius 3 is 1.44 bits per heavy atom. The number of primary sulfonamides is 1. The minimum absolute atomic E-state index is 0. The fourth-order valence-electron chi connectivity index (χ4n) is 0. The van der Waals surface area contributed by atoms with Crippen LogP contribution < -0.4 is 74.0 Å². The van der Waals surface area contributed by atoms with Crippen LogP contribution in [0.15, 0.2) is 0 Å². The van der Waals surface area contributed by atoms with Crippen molar-refractivity contribution in [2.45, 2.75) is 5.51 Å². The van der Waals surface area contributed by atoms with E-state index in [0.717, 1.165) is 0 Å². The Morgan fingerprint density at radius 2 is 1.44 bits per heavy atom. The van der Waals surface area contributed by atoms with Gasteiger partial charge in [-0.05, 0) is 0 Å². The molecule has 0 aromatic carbocycles. The number of hydrogen-bond acceptors (Lipinski definition) is 2. The third kappa shape index (κ3) is 5.07. The van der Waals surface area contributed by atoms with E-state index in [1.807, 2.05) is 0 Å². The molecule has 0 aliphatic heterocycles. The van der Waals surface area contributed by atoms with Crippen LogP contribution in [0.25, 0.3) is 0 Å². The minimum atomic E-state index is -5.34.